The van der Waals surface area contributed by atoms with Crippen molar-refractivity contribution in [3.8, 4) is 0 Å². The van der Waals surface area contributed by atoms with Gasteiger partial charge in [-0.2, -0.15) is 5.10 Å². The van der Waals surface area contributed by atoms with Gasteiger partial charge in [-0.3, -0.25) is 10.4 Å². The predicted molar refractivity (Wildman–Crippen MR) is 76.3 cm³/mol. The van der Waals surface area contributed by atoms with Crippen LogP contribution in [0.3, 0.4) is 0 Å². The van der Waals surface area contributed by atoms with E-state index in [1.807, 2.05) is 44.2 Å². The highest BCUT2D eigenvalue weighted by atomic mass is 35.5. The summed E-state index contributed by atoms with van der Waals surface area (Å²) in [4.78, 5) is 4.06. The fraction of sp³-hybridized carbons (Fsp3) is 0.143. The number of rotatable bonds is 3. The third kappa shape index (κ3) is 3.08. The first-order chi connectivity index (χ1) is 8.66. The molecule has 0 aliphatic heterocycles. The Morgan fingerprint density at radius 3 is 2.83 bits per heavy atom. The van der Waals surface area contributed by atoms with Crippen LogP contribution in [-0.2, 0) is 0 Å². The van der Waals surface area contributed by atoms with Gasteiger partial charge in [0.05, 0.1) is 11.4 Å². The molecule has 1 heterocycles. The van der Waals surface area contributed by atoms with Gasteiger partial charge >= 0.3 is 0 Å². The van der Waals surface area contributed by atoms with Crippen molar-refractivity contribution in [3.63, 3.8) is 0 Å². The van der Waals surface area contributed by atoms with Crippen molar-refractivity contribution in [2.24, 2.45) is 5.10 Å². The summed E-state index contributed by atoms with van der Waals surface area (Å²) in [6.45, 7) is 3.90. The van der Waals surface area contributed by atoms with Crippen LogP contribution in [0.25, 0.3) is 0 Å². The lowest BCUT2D eigenvalue weighted by Gasteiger charge is -2.05. The van der Waals surface area contributed by atoms with Gasteiger partial charge < -0.3 is 0 Å². The zero-order valence-corrected chi connectivity index (χ0v) is 11.1. The molecule has 1 aromatic heterocycles. The highest BCUT2D eigenvalue weighted by Gasteiger charge is 1.98. The van der Waals surface area contributed by atoms with Gasteiger partial charge in [-0.05, 0) is 37.6 Å². The van der Waals surface area contributed by atoms with Crippen molar-refractivity contribution in [1.29, 1.82) is 0 Å². The monoisotopic (exact) mass is 259 g/mol. The lowest BCUT2D eigenvalue weighted by Crippen LogP contribution is -2.00. The minimum absolute atomic E-state index is 0.731. The number of anilines is 1. The molecule has 92 valence electrons. The summed E-state index contributed by atoms with van der Waals surface area (Å²) in [6.07, 6.45) is 3.52. The van der Waals surface area contributed by atoms with Crippen LogP contribution in [0.5, 0.6) is 0 Å². The summed E-state index contributed by atoms with van der Waals surface area (Å²) >= 11 is 6.05. The standard InChI is InChI=1S/C14H14ClN3/c1-10-5-6-13(8-14(10)15)18-17-11(2)12-4-3-7-16-9-12/h3-9,18H,1-2H3/b17-11+. The van der Waals surface area contributed by atoms with Crippen molar-refractivity contribution in [1.82, 2.24) is 4.98 Å². The summed E-state index contributed by atoms with van der Waals surface area (Å²) in [5.74, 6) is 0. The summed E-state index contributed by atoms with van der Waals surface area (Å²) in [7, 11) is 0. The molecular formula is C14H14ClN3. The van der Waals surface area contributed by atoms with E-state index in [-0.39, 0.29) is 0 Å². The Kier molecular flexibility index (Phi) is 3.95. The van der Waals surface area contributed by atoms with Gasteiger partial charge in [-0.1, -0.05) is 23.7 Å². The topological polar surface area (TPSA) is 37.3 Å². The first-order valence-corrected chi connectivity index (χ1v) is 6.01. The van der Waals surface area contributed by atoms with Crippen LogP contribution in [0.2, 0.25) is 5.02 Å². The lowest BCUT2D eigenvalue weighted by atomic mass is 10.2. The number of aryl methyl sites for hydroxylation is 1. The molecule has 0 saturated heterocycles. The molecule has 0 saturated carbocycles. The van der Waals surface area contributed by atoms with E-state index in [0.717, 1.165) is 27.5 Å². The van der Waals surface area contributed by atoms with E-state index in [2.05, 4.69) is 15.5 Å². The second kappa shape index (κ2) is 5.65. The Balaban J connectivity index is 2.13. The van der Waals surface area contributed by atoms with Gasteiger partial charge in [-0.25, -0.2) is 0 Å². The molecule has 18 heavy (non-hydrogen) atoms. The molecule has 0 spiro atoms. The molecule has 0 aliphatic carbocycles. The van der Waals surface area contributed by atoms with Gasteiger partial charge in [0.25, 0.3) is 0 Å². The number of benzene rings is 1. The molecule has 4 heteroatoms. The number of hydrazone groups is 1. The van der Waals surface area contributed by atoms with Crippen molar-refractivity contribution in [3.05, 3.63) is 58.9 Å². The summed E-state index contributed by atoms with van der Waals surface area (Å²) in [5.41, 5.74) is 6.77. The molecule has 3 nitrogen and oxygen atoms in total. The molecule has 1 aromatic carbocycles. The molecule has 0 radical (unpaired) electrons. The van der Waals surface area contributed by atoms with E-state index in [1.165, 1.54) is 0 Å². The number of halogens is 1. The third-order valence-electron chi connectivity index (χ3n) is 2.60. The molecule has 0 fully saturated rings. The summed E-state index contributed by atoms with van der Waals surface area (Å²) < 4.78 is 0. The second-order valence-corrected chi connectivity index (χ2v) is 4.42. The molecular weight excluding hydrogens is 246 g/mol. The number of aromatic nitrogens is 1. The summed E-state index contributed by atoms with van der Waals surface area (Å²) in [5, 5.41) is 5.03. The van der Waals surface area contributed by atoms with Crippen molar-refractivity contribution < 1.29 is 0 Å². The van der Waals surface area contributed by atoms with Crippen LogP contribution >= 0.6 is 11.6 Å². The Morgan fingerprint density at radius 2 is 2.17 bits per heavy atom. The number of nitrogens with zero attached hydrogens (tertiary/aromatic N) is 2. The van der Waals surface area contributed by atoms with Crippen LogP contribution in [0.15, 0.2) is 47.8 Å². The second-order valence-electron chi connectivity index (χ2n) is 4.01. The van der Waals surface area contributed by atoms with E-state index < -0.39 is 0 Å². The largest absolute Gasteiger partial charge is 0.278 e. The molecule has 1 N–H and O–H groups in total. The Morgan fingerprint density at radius 1 is 1.33 bits per heavy atom. The molecule has 2 aromatic rings. The fourth-order valence-electron chi connectivity index (χ4n) is 1.45. The SMILES string of the molecule is C/C(=N\Nc1ccc(C)c(Cl)c1)c1cccnc1. The van der Waals surface area contributed by atoms with E-state index >= 15 is 0 Å². The minimum Gasteiger partial charge on any atom is -0.278 e. The average Bonchev–Trinajstić information content (AvgIpc) is 2.41. The minimum atomic E-state index is 0.731. The zero-order valence-electron chi connectivity index (χ0n) is 10.3. The van der Waals surface area contributed by atoms with Crippen LogP contribution in [0.1, 0.15) is 18.1 Å². The quantitative estimate of drug-likeness (QED) is 0.671. The maximum absolute atomic E-state index is 6.05. The number of pyridine rings is 1. The normalized spacial score (nSPS) is 11.4. The number of hydrogen-bond donors (Lipinski definition) is 1. The molecule has 0 unspecified atom stereocenters. The number of hydrogen-bond acceptors (Lipinski definition) is 3. The Hall–Kier alpha value is -1.87. The van der Waals surface area contributed by atoms with Crippen LogP contribution in [0, 0.1) is 6.92 Å². The predicted octanol–water partition coefficient (Wildman–Crippen LogP) is 3.88. The van der Waals surface area contributed by atoms with Crippen LogP contribution in [0.4, 0.5) is 5.69 Å². The average molecular weight is 260 g/mol. The van der Waals surface area contributed by atoms with Crippen molar-refractivity contribution in [2.45, 2.75) is 13.8 Å². The van der Waals surface area contributed by atoms with Crippen molar-refractivity contribution >= 4 is 23.0 Å². The van der Waals surface area contributed by atoms with E-state index in [9.17, 15) is 0 Å². The van der Waals surface area contributed by atoms with Crippen molar-refractivity contribution in [2.75, 3.05) is 5.43 Å². The van der Waals surface area contributed by atoms with Crippen LogP contribution in [-0.4, -0.2) is 10.7 Å². The zero-order chi connectivity index (χ0) is 13.0. The first kappa shape index (κ1) is 12.6. The van der Waals surface area contributed by atoms with Gasteiger partial charge in [-0.15, -0.1) is 0 Å². The van der Waals surface area contributed by atoms with E-state index in [4.69, 9.17) is 11.6 Å². The fourth-order valence-corrected chi connectivity index (χ4v) is 1.63. The lowest BCUT2D eigenvalue weighted by molar-refractivity contribution is 1.28. The van der Waals surface area contributed by atoms with Crippen LogP contribution < -0.4 is 5.43 Å². The van der Waals surface area contributed by atoms with Gasteiger partial charge in [0.15, 0.2) is 0 Å². The van der Waals surface area contributed by atoms with E-state index in [0.29, 0.717) is 0 Å². The maximum Gasteiger partial charge on any atom is 0.0663 e. The maximum atomic E-state index is 6.05. The Labute approximate surface area is 112 Å². The third-order valence-corrected chi connectivity index (χ3v) is 3.01. The molecule has 2 rings (SSSR count). The van der Waals surface area contributed by atoms with E-state index in [1.54, 1.807) is 12.4 Å². The Bertz CT molecular complexity index is 565. The molecule has 0 aliphatic rings. The molecule has 0 amide bonds. The van der Waals surface area contributed by atoms with Gasteiger partial charge in [0.1, 0.15) is 0 Å². The highest BCUT2D eigenvalue weighted by molar-refractivity contribution is 6.31. The summed E-state index contributed by atoms with van der Waals surface area (Å²) in [6, 6.07) is 9.62. The number of nitrogens with one attached hydrogen (secondary N) is 1. The molecule has 0 bridgehead atoms. The highest BCUT2D eigenvalue weighted by Crippen LogP contribution is 2.19. The first-order valence-electron chi connectivity index (χ1n) is 5.63. The smallest absolute Gasteiger partial charge is 0.0663 e. The van der Waals surface area contributed by atoms with Gasteiger partial charge in [0, 0.05) is 23.0 Å². The van der Waals surface area contributed by atoms with Gasteiger partial charge in [0.2, 0.25) is 0 Å². The molecule has 0 atom stereocenters.